The minimum absolute atomic E-state index is 0.0751. The van der Waals surface area contributed by atoms with E-state index in [4.69, 9.17) is 4.74 Å². The summed E-state index contributed by atoms with van der Waals surface area (Å²) in [7, 11) is 1.29. The highest BCUT2D eigenvalue weighted by molar-refractivity contribution is 5.93. The van der Waals surface area contributed by atoms with Gasteiger partial charge in [0, 0.05) is 11.5 Å². The fourth-order valence-electron chi connectivity index (χ4n) is 1.65. The molecule has 1 heterocycles. The van der Waals surface area contributed by atoms with Gasteiger partial charge in [-0.2, -0.15) is 0 Å². The number of hydrogen-bond acceptors (Lipinski definition) is 4. The lowest BCUT2D eigenvalue weighted by Crippen LogP contribution is -2.50. The molecule has 1 rings (SSSR count). The third-order valence-corrected chi connectivity index (χ3v) is 2.97. The van der Waals surface area contributed by atoms with Gasteiger partial charge in [0.1, 0.15) is 0 Å². The predicted octanol–water partition coefficient (Wildman–Crippen LogP) is 1.45. The van der Waals surface area contributed by atoms with E-state index in [2.05, 4.69) is 4.74 Å². The summed E-state index contributed by atoms with van der Waals surface area (Å²) in [5.74, 6) is -1.00. The van der Waals surface area contributed by atoms with Crippen LogP contribution in [0, 0.1) is 5.92 Å². The van der Waals surface area contributed by atoms with Gasteiger partial charge < -0.3 is 9.47 Å². The third-order valence-electron chi connectivity index (χ3n) is 2.97. The Morgan fingerprint density at radius 3 is 2.73 bits per heavy atom. The van der Waals surface area contributed by atoms with E-state index in [9.17, 15) is 9.59 Å². The van der Waals surface area contributed by atoms with Crippen molar-refractivity contribution in [2.45, 2.75) is 32.8 Å². The molecule has 0 unspecified atom stereocenters. The van der Waals surface area contributed by atoms with Crippen molar-refractivity contribution in [2.75, 3.05) is 7.11 Å². The molecule has 0 spiro atoms. The molecule has 4 nitrogen and oxygen atoms in total. The lowest BCUT2D eigenvalue weighted by Gasteiger charge is -2.36. The Morgan fingerprint density at radius 2 is 2.27 bits per heavy atom. The highest BCUT2D eigenvalue weighted by Crippen LogP contribution is 2.34. The van der Waals surface area contributed by atoms with E-state index in [0.717, 1.165) is 0 Å². The first-order chi connectivity index (χ1) is 6.95. The molecule has 4 heteroatoms. The fraction of sp³-hybridized carbons (Fsp3) is 0.636. The summed E-state index contributed by atoms with van der Waals surface area (Å²) < 4.78 is 9.81. The van der Waals surface area contributed by atoms with Gasteiger partial charge >= 0.3 is 11.9 Å². The number of hydrogen-bond donors (Lipinski definition) is 0. The first kappa shape index (κ1) is 11.8. The van der Waals surface area contributed by atoms with Crippen LogP contribution in [0.2, 0.25) is 0 Å². The topological polar surface area (TPSA) is 52.6 Å². The Balaban J connectivity index is 2.96. The van der Waals surface area contributed by atoms with Crippen LogP contribution in [0.4, 0.5) is 0 Å². The van der Waals surface area contributed by atoms with E-state index in [1.807, 2.05) is 6.92 Å². The number of ether oxygens (including phenoxy) is 2. The number of methoxy groups -OCH3 is 1. The molecule has 0 aromatic heterocycles. The molecule has 1 saturated heterocycles. The molecule has 0 radical (unpaired) electrons. The SMILES string of the molecule is C/C=C1/C[C@@H](C)[C@](C)(C(=O)OC)OC1=O. The highest BCUT2D eigenvalue weighted by atomic mass is 16.6. The lowest BCUT2D eigenvalue weighted by molar-refractivity contribution is -0.186. The molecule has 0 N–H and O–H groups in total. The summed E-state index contributed by atoms with van der Waals surface area (Å²) in [6, 6.07) is 0. The second kappa shape index (κ2) is 4.04. The Hall–Kier alpha value is -1.32. The van der Waals surface area contributed by atoms with Crippen molar-refractivity contribution in [3.63, 3.8) is 0 Å². The molecular weight excluding hydrogens is 196 g/mol. The quantitative estimate of drug-likeness (QED) is 0.487. The zero-order valence-electron chi connectivity index (χ0n) is 9.49. The molecule has 1 aliphatic heterocycles. The zero-order valence-corrected chi connectivity index (χ0v) is 9.49. The van der Waals surface area contributed by atoms with Crippen molar-refractivity contribution in [3.05, 3.63) is 11.6 Å². The lowest BCUT2D eigenvalue weighted by atomic mass is 9.82. The summed E-state index contributed by atoms with van der Waals surface area (Å²) in [5.41, 5.74) is -0.540. The van der Waals surface area contributed by atoms with Crippen molar-refractivity contribution in [2.24, 2.45) is 5.92 Å². The summed E-state index contributed by atoms with van der Waals surface area (Å²) in [6.45, 7) is 5.24. The van der Waals surface area contributed by atoms with Gasteiger partial charge in [-0.1, -0.05) is 13.0 Å². The first-order valence-corrected chi connectivity index (χ1v) is 4.92. The van der Waals surface area contributed by atoms with E-state index in [-0.39, 0.29) is 5.92 Å². The van der Waals surface area contributed by atoms with Gasteiger partial charge in [0.15, 0.2) is 0 Å². The van der Waals surface area contributed by atoms with Crippen molar-refractivity contribution < 1.29 is 19.1 Å². The molecule has 2 atom stereocenters. The minimum atomic E-state index is -1.15. The van der Waals surface area contributed by atoms with Gasteiger partial charge in [-0.15, -0.1) is 0 Å². The van der Waals surface area contributed by atoms with Gasteiger partial charge in [-0.25, -0.2) is 9.59 Å². The molecule has 1 fully saturated rings. The van der Waals surface area contributed by atoms with Crippen molar-refractivity contribution >= 4 is 11.9 Å². The molecule has 0 amide bonds. The van der Waals surface area contributed by atoms with Gasteiger partial charge in [0.2, 0.25) is 5.60 Å². The molecule has 0 bridgehead atoms. The van der Waals surface area contributed by atoms with E-state index in [0.29, 0.717) is 12.0 Å². The van der Waals surface area contributed by atoms with E-state index in [1.165, 1.54) is 7.11 Å². The Morgan fingerprint density at radius 1 is 1.67 bits per heavy atom. The Bertz CT molecular complexity index is 319. The number of allylic oxidation sites excluding steroid dienone is 1. The summed E-state index contributed by atoms with van der Waals surface area (Å²) in [6.07, 6.45) is 2.26. The smallest absolute Gasteiger partial charge is 0.350 e. The molecule has 0 aromatic carbocycles. The maximum atomic E-state index is 11.5. The van der Waals surface area contributed by atoms with Crippen LogP contribution >= 0.6 is 0 Å². The minimum Gasteiger partial charge on any atom is -0.466 e. The predicted molar refractivity (Wildman–Crippen MR) is 54.1 cm³/mol. The monoisotopic (exact) mass is 212 g/mol. The van der Waals surface area contributed by atoms with Crippen LogP contribution in [0.1, 0.15) is 27.2 Å². The molecule has 0 saturated carbocycles. The largest absolute Gasteiger partial charge is 0.466 e. The third kappa shape index (κ3) is 1.89. The maximum Gasteiger partial charge on any atom is 0.350 e. The van der Waals surface area contributed by atoms with Crippen LogP contribution in [0.5, 0.6) is 0 Å². The van der Waals surface area contributed by atoms with Crippen molar-refractivity contribution in [1.29, 1.82) is 0 Å². The number of carbonyl (C=O) groups is 2. The zero-order chi connectivity index (χ0) is 11.6. The molecule has 0 aromatic rings. The van der Waals surface area contributed by atoms with Crippen molar-refractivity contribution in [3.8, 4) is 0 Å². The highest BCUT2D eigenvalue weighted by Gasteiger charge is 2.48. The number of carbonyl (C=O) groups excluding carboxylic acids is 2. The Labute approximate surface area is 89.2 Å². The van der Waals surface area contributed by atoms with E-state index in [1.54, 1.807) is 19.9 Å². The van der Waals surface area contributed by atoms with Gasteiger partial charge in [0.25, 0.3) is 0 Å². The van der Waals surface area contributed by atoms with E-state index >= 15 is 0 Å². The van der Waals surface area contributed by atoms with E-state index < -0.39 is 17.5 Å². The first-order valence-electron chi connectivity index (χ1n) is 4.92. The summed E-state index contributed by atoms with van der Waals surface area (Å²) >= 11 is 0. The summed E-state index contributed by atoms with van der Waals surface area (Å²) in [5, 5.41) is 0. The standard InChI is InChI=1S/C11H16O4/c1-5-8-6-7(2)11(3,10(13)14-4)15-9(8)12/h5,7H,6H2,1-4H3/b8-5-/t7-,11-/m1/s1. The van der Waals surface area contributed by atoms with Gasteiger partial charge in [0.05, 0.1) is 7.11 Å². The van der Waals surface area contributed by atoms with Crippen LogP contribution in [-0.2, 0) is 19.1 Å². The second-order valence-corrected chi connectivity index (χ2v) is 3.91. The fourth-order valence-corrected chi connectivity index (χ4v) is 1.65. The molecule has 0 aliphatic carbocycles. The van der Waals surface area contributed by atoms with Crippen LogP contribution in [-0.4, -0.2) is 24.6 Å². The molecule has 84 valence electrons. The number of rotatable bonds is 1. The van der Waals surface area contributed by atoms with Gasteiger partial charge in [-0.05, 0) is 20.3 Å². The number of cyclic esters (lactones) is 1. The van der Waals surface area contributed by atoms with Crippen LogP contribution in [0.15, 0.2) is 11.6 Å². The van der Waals surface area contributed by atoms with Gasteiger partial charge in [-0.3, -0.25) is 0 Å². The normalized spacial score (nSPS) is 33.7. The van der Waals surface area contributed by atoms with Crippen molar-refractivity contribution in [1.82, 2.24) is 0 Å². The molecular formula is C11H16O4. The molecule has 15 heavy (non-hydrogen) atoms. The number of esters is 2. The Kier molecular flexibility index (Phi) is 3.17. The van der Waals surface area contributed by atoms with Crippen LogP contribution < -0.4 is 0 Å². The average Bonchev–Trinajstić information content (AvgIpc) is 2.22. The van der Waals surface area contributed by atoms with Crippen LogP contribution in [0.25, 0.3) is 0 Å². The maximum absolute atomic E-state index is 11.5. The molecule has 1 aliphatic rings. The average molecular weight is 212 g/mol. The second-order valence-electron chi connectivity index (χ2n) is 3.91. The van der Waals surface area contributed by atoms with Crippen LogP contribution in [0.3, 0.4) is 0 Å². The summed E-state index contributed by atoms with van der Waals surface area (Å²) in [4.78, 5) is 23.0.